The molecular weight excluding hydrogens is 252 g/mol. The predicted octanol–water partition coefficient (Wildman–Crippen LogP) is 3.49. The topological polar surface area (TPSA) is 38.7 Å². The van der Waals surface area contributed by atoms with Gasteiger partial charge < -0.3 is 14.6 Å². The molecule has 2 unspecified atom stereocenters. The predicted molar refractivity (Wildman–Crippen MR) is 78.1 cm³/mol. The lowest BCUT2D eigenvalue weighted by Gasteiger charge is -2.45. The van der Waals surface area contributed by atoms with Crippen molar-refractivity contribution in [1.29, 1.82) is 0 Å². The molecule has 1 heterocycles. The van der Waals surface area contributed by atoms with Crippen molar-refractivity contribution in [2.75, 3.05) is 13.2 Å². The Kier molecular flexibility index (Phi) is 3.20. The Hall–Kier alpha value is -1.22. The number of fused-ring (bicyclic) bond motifs is 1. The molecule has 1 aromatic carbocycles. The molecule has 110 valence electrons. The van der Waals surface area contributed by atoms with Gasteiger partial charge in [0, 0.05) is 0 Å². The zero-order valence-electron chi connectivity index (χ0n) is 12.6. The first-order valence-electron chi connectivity index (χ1n) is 7.51. The van der Waals surface area contributed by atoms with Gasteiger partial charge in [-0.2, -0.15) is 0 Å². The number of hydrogen-bond acceptors (Lipinski definition) is 3. The van der Waals surface area contributed by atoms with Gasteiger partial charge in [-0.3, -0.25) is 0 Å². The molecular formula is C17H24O3. The highest BCUT2D eigenvalue weighted by Gasteiger charge is 2.43. The molecule has 0 radical (unpaired) electrons. The molecule has 3 rings (SSSR count). The summed E-state index contributed by atoms with van der Waals surface area (Å²) in [5, 5.41) is 11.2. The number of aliphatic hydroxyl groups is 1. The average molecular weight is 276 g/mol. The van der Waals surface area contributed by atoms with E-state index < -0.39 is 5.60 Å². The van der Waals surface area contributed by atoms with E-state index >= 15 is 0 Å². The van der Waals surface area contributed by atoms with Gasteiger partial charge in [-0.05, 0) is 48.3 Å². The monoisotopic (exact) mass is 276 g/mol. The number of benzene rings is 1. The normalized spacial score (nSPS) is 31.9. The molecule has 0 amide bonds. The van der Waals surface area contributed by atoms with Crippen LogP contribution >= 0.6 is 0 Å². The van der Waals surface area contributed by atoms with E-state index in [4.69, 9.17) is 9.47 Å². The summed E-state index contributed by atoms with van der Waals surface area (Å²) < 4.78 is 11.2. The Balaban J connectivity index is 1.94. The molecule has 0 aromatic heterocycles. The zero-order chi connectivity index (χ0) is 14.4. The molecule has 3 heteroatoms. The minimum Gasteiger partial charge on any atom is -0.486 e. The highest BCUT2D eigenvalue weighted by molar-refractivity contribution is 5.45. The van der Waals surface area contributed by atoms with E-state index in [1.54, 1.807) is 0 Å². The Bertz CT molecular complexity index is 509. The van der Waals surface area contributed by atoms with Crippen LogP contribution in [0.3, 0.4) is 0 Å². The van der Waals surface area contributed by atoms with E-state index in [1.165, 1.54) is 6.42 Å². The van der Waals surface area contributed by atoms with Crippen molar-refractivity contribution >= 4 is 0 Å². The summed E-state index contributed by atoms with van der Waals surface area (Å²) in [5.41, 5.74) is 0.373. The number of rotatable bonds is 1. The standard InChI is InChI=1S/C17H24O3/c1-12-9-16(2,3)11-17(18,10-12)13-4-5-14-15(8-13)20-7-6-19-14/h4-5,8,12,18H,6-7,9-11H2,1-3H3. The van der Waals surface area contributed by atoms with Crippen molar-refractivity contribution in [2.24, 2.45) is 11.3 Å². The molecule has 1 saturated carbocycles. The lowest BCUT2D eigenvalue weighted by Crippen LogP contribution is -2.40. The van der Waals surface area contributed by atoms with Crippen molar-refractivity contribution in [3.05, 3.63) is 23.8 Å². The Morgan fingerprint density at radius 3 is 2.50 bits per heavy atom. The maximum Gasteiger partial charge on any atom is 0.161 e. The zero-order valence-corrected chi connectivity index (χ0v) is 12.6. The SMILES string of the molecule is CC1CC(C)(C)CC(O)(c2ccc3c(c2)OCCO3)C1. The summed E-state index contributed by atoms with van der Waals surface area (Å²) >= 11 is 0. The van der Waals surface area contributed by atoms with Crippen LogP contribution in [0.4, 0.5) is 0 Å². The van der Waals surface area contributed by atoms with E-state index in [0.29, 0.717) is 19.1 Å². The molecule has 1 N–H and O–H groups in total. The van der Waals surface area contributed by atoms with Gasteiger partial charge in [-0.25, -0.2) is 0 Å². The van der Waals surface area contributed by atoms with Crippen molar-refractivity contribution in [3.8, 4) is 11.5 Å². The minimum absolute atomic E-state index is 0.166. The van der Waals surface area contributed by atoms with Gasteiger partial charge in [-0.15, -0.1) is 0 Å². The molecule has 0 bridgehead atoms. The molecule has 0 saturated heterocycles. The van der Waals surface area contributed by atoms with Crippen molar-refractivity contribution < 1.29 is 14.6 Å². The second-order valence-electron chi connectivity index (χ2n) is 7.24. The molecule has 2 atom stereocenters. The van der Waals surface area contributed by atoms with Gasteiger partial charge in [-0.1, -0.05) is 26.8 Å². The first-order valence-corrected chi connectivity index (χ1v) is 7.51. The van der Waals surface area contributed by atoms with Gasteiger partial charge in [0.15, 0.2) is 11.5 Å². The summed E-state index contributed by atoms with van der Waals surface area (Å²) in [6.07, 6.45) is 2.78. The second kappa shape index (κ2) is 4.66. The smallest absolute Gasteiger partial charge is 0.161 e. The fourth-order valence-corrected chi connectivity index (χ4v) is 4.08. The second-order valence-corrected chi connectivity index (χ2v) is 7.24. The first-order chi connectivity index (χ1) is 9.38. The van der Waals surface area contributed by atoms with Crippen LogP contribution < -0.4 is 9.47 Å². The van der Waals surface area contributed by atoms with Gasteiger partial charge in [0.05, 0.1) is 5.60 Å². The fourth-order valence-electron chi connectivity index (χ4n) is 4.08. The third kappa shape index (κ3) is 2.51. The lowest BCUT2D eigenvalue weighted by atomic mass is 9.64. The van der Waals surface area contributed by atoms with Gasteiger partial charge >= 0.3 is 0 Å². The van der Waals surface area contributed by atoms with Crippen LogP contribution in [0.5, 0.6) is 11.5 Å². The maximum absolute atomic E-state index is 11.2. The number of ether oxygens (including phenoxy) is 2. The van der Waals surface area contributed by atoms with Crippen LogP contribution in [0, 0.1) is 11.3 Å². The van der Waals surface area contributed by atoms with Crippen LogP contribution in [-0.2, 0) is 5.60 Å². The van der Waals surface area contributed by atoms with Crippen LogP contribution in [0.15, 0.2) is 18.2 Å². The lowest BCUT2D eigenvalue weighted by molar-refractivity contribution is -0.0637. The van der Waals surface area contributed by atoms with Crippen molar-refractivity contribution in [2.45, 2.75) is 45.6 Å². The van der Waals surface area contributed by atoms with Gasteiger partial charge in [0.1, 0.15) is 13.2 Å². The summed E-state index contributed by atoms with van der Waals surface area (Å²) in [7, 11) is 0. The molecule has 20 heavy (non-hydrogen) atoms. The molecule has 0 spiro atoms. The van der Waals surface area contributed by atoms with Crippen molar-refractivity contribution in [3.63, 3.8) is 0 Å². The molecule has 1 aliphatic heterocycles. The fraction of sp³-hybridized carbons (Fsp3) is 0.647. The summed E-state index contributed by atoms with van der Waals surface area (Å²) in [6.45, 7) is 7.89. The van der Waals surface area contributed by atoms with Crippen LogP contribution in [0.25, 0.3) is 0 Å². The third-order valence-electron chi connectivity index (χ3n) is 4.44. The van der Waals surface area contributed by atoms with E-state index in [0.717, 1.165) is 29.9 Å². The van der Waals surface area contributed by atoms with Crippen molar-refractivity contribution in [1.82, 2.24) is 0 Å². The van der Waals surface area contributed by atoms with Gasteiger partial charge in [0.25, 0.3) is 0 Å². The Morgan fingerprint density at radius 2 is 1.80 bits per heavy atom. The van der Waals surface area contributed by atoms with E-state index in [9.17, 15) is 5.11 Å². The quantitative estimate of drug-likeness (QED) is 0.853. The summed E-state index contributed by atoms with van der Waals surface area (Å²) in [6, 6.07) is 5.87. The van der Waals surface area contributed by atoms with Crippen LogP contribution in [0.2, 0.25) is 0 Å². The largest absolute Gasteiger partial charge is 0.486 e. The molecule has 1 aromatic rings. The highest BCUT2D eigenvalue weighted by Crippen LogP contribution is 2.49. The summed E-state index contributed by atoms with van der Waals surface area (Å²) in [5.74, 6) is 2.07. The van der Waals surface area contributed by atoms with E-state index in [1.807, 2.05) is 18.2 Å². The van der Waals surface area contributed by atoms with E-state index in [-0.39, 0.29) is 5.41 Å². The Morgan fingerprint density at radius 1 is 1.10 bits per heavy atom. The van der Waals surface area contributed by atoms with Crippen LogP contribution in [0.1, 0.15) is 45.6 Å². The summed E-state index contributed by atoms with van der Waals surface area (Å²) in [4.78, 5) is 0. The molecule has 1 aliphatic carbocycles. The Labute approximate surface area is 120 Å². The third-order valence-corrected chi connectivity index (χ3v) is 4.44. The molecule has 3 nitrogen and oxygen atoms in total. The average Bonchev–Trinajstić information content (AvgIpc) is 2.35. The first kappa shape index (κ1) is 13.7. The molecule has 2 aliphatic rings. The number of hydrogen-bond donors (Lipinski definition) is 1. The van der Waals surface area contributed by atoms with E-state index in [2.05, 4.69) is 20.8 Å². The highest BCUT2D eigenvalue weighted by atomic mass is 16.6. The molecule has 1 fully saturated rings. The minimum atomic E-state index is -0.753. The maximum atomic E-state index is 11.2. The van der Waals surface area contributed by atoms with Crippen LogP contribution in [-0.4, -0.2) is 18.3 Å². The van der Waals surface area contributed by atoms with Gasteiger partial charge in [0.2, 0.25) is 0 Å².